The molecule has 2 aromatic rings. The van der Waals surface area contributed by atoms with Crippen LogP contribution in [0.1, 0.15) is 11.3 Å². The summed E-state index contributed by atoms with van der Waals surface area (Å²) < 4.78 is 0. The Hall–Kier alpha value is -3.15. The van der Waals surface area contributed by atoms with Gasteiger partial charge in [-0.1, -0.05) is 12.1 Å². The van der Waals surface area contributed by atoms with Crippen LogP contribution in [0.3, 0.4) is 0 Å². The molecule has 0 saturated heterocycles. The summed E-state index contributed by atoms with van der Waals surface area (Å²) >= 11 is 0. The molecule has 1 heterocycles. The zero-order chi connectivity index (χ0) is 15.9. The summed E-state index contributed by atoms with van der Waals surface area (Å²) in [4.78, 5) is 27.0. The van der Waals surface area contributed by atoms with Crippen LogP contribution in [0.2, 0.25) is 0 Å². The predicted octanol–water partition coefficient (Wildman–Crippen LogP) is 1.90. The van der Waals surface area contributed by atoms with Gasteiger partial charge in [-0.15, -0.1) is 0 Å². The fourth-order valence-electron chi connectivity index (χ4n) is 1.92. The normalized spacial score (nSPS) is 10.9. The Labute approximate surface area is 128 Å². The maximum atomic E-state index is 12.3. The van der Waals surface area contributed by atoms with Crippen LogP contribution in [0, 0.1) is 6.92 Å². The fourth-order valence-corrected chi connectivity index (χ4v) is 1.92. The Bertz CT molecular complexity index is 711. The molecule has 0 aliphatic carbocycles. The first-order valence-electron chi connectivity index (χ1n) is 6.61. The van der Waals surface area contributed by atoms with Gasteiger partial charge in [-0.3, -0.25) is 14.6 Å². The minimum absolute atomic E-state index is 0.270. The van der Waals surface area contributed by atoms with Crippen molar-refractivity contribution in [1.82, 2.24) is 4.98 Å². The quantitative estimate of drug-likeness (QED) is 0.580. The molecular weight excluding hydrogens is 280 g/mol. The number of aromatic nitrogens is 1. The lowest BCUT2D eigenvalue weighted by Gasteiger charge is -2.10. The summed E-state index contributed by atoms with van der Waals surface area (Å²) in [5, 5.41) is 5.32. The fraction of sp³-hybridized carbons (Fsp3) is 0.0625. The molecule has 4 N–H and O–H groups in total. The number of amides is 2. The van der Waals surface area contributed by atoms with Crippen LogP contribution < -0.4 is 16.4 Å². The molecule has 0 spiro atoms. The molecule has 22 heavy (non-hydrogen) atoms. The van der Waals surface area contributed by atoms with Gasteiger partial charge < -0.3 is 16.4 Å². The number of nitrogens with zero attached hydrogens (tertiary/aromatic N) is 1. The van der Waals surface area contributed by atoms with E-state index in [1.54, 1.807) is 42.6 Å². The first kappa shape index (κ1) is 15.2. The largest absolute Gasteiger partial charge is 0.404 e. The van der Waals surface area contributed by atoms with Gasteiger partial charge in [0.1, 0.15) is 0 Å². The molecule has 0 fully saturated rings. The highest BCUT2D eigenvalue weighted by Crippen LogP contribution is 2.21. The summed E-state index contributed by atoms with van der Waals surface area (Å²) in [5.41, 5.74) is 8.37. The van der Waals surface area contributed by atoms with E-state index >= 15 is 0 Å². The Kier molecular flexibility index (Phi) is 4.87. The van der Waals surface area contributed by atoms with E-state index in [1.807, 2.05) is 6.92 Å². The molecule has 2 rings (SSSR count). The zero-order valence-electron chi connectivity index (χ0n) is 12.0. The molecule has 6 nitrogen and oxygen atoms in total. The van der Waals surface area contributed by atoms with Crippen LogP contribution in [0.4, 0.5) is 11.4 Å². The van der Waals surface area contributed by atoms with Crippen LogP contribution in [-0.2, 0) is 9.59 Å². The highest BCUT2D eigenvalue weighted by molar-refractivity contribution is 6.24. The molecule has 0 bridgehead atoms. The number of nitrogens with one attached hydrogen (secondary N) is 2. The van der Waals surface area contributed by atoms with Crippen LogP contribution in [0.5, 0.6) is 0 Å². The van der Waals surface area contributed by atoms with Crippen LogP contribution in [0.15, 0.2) is 48.8 Å². The van der Waals surface area contributed by atoms with E-state index < -0.39 is 0 Å². The van der Waals surface area contributed by atoms with Crippen LogP contribution in [-0.4, -0.2) is 17.3 Å². The van der Waals surface area contributed by atoms with Crippen molar-refractivity contribution in [3.05, 3.63) is 60.1 Å². The molecule has 0 saturated carbocycles. The second-order valence-electron chi connectivity index (χ2n) is 4.54. The van der Waals surface area contributed by atoms with Crippen molar-refractivity contribution in [1.29, 1.82) is 0 Å². The minimum Gasteiger partial charge on any atom is -0.404 e. The number of carbonyl (C=O) groups is 2. The molecule has 0 aliphatic heterocycles. The topological polar surface area (TPSA) is 97.1 Å². The number of pyridine rings is 1. The number of hydrogen-bond acceptors (Lipinski definition) is 4. The maximum absolute atomic E-state index is 12.3. The van der Waals surface area contributed by atoms with Gasteiger partial charge >= 0.3 is 0 Å². The van der Waals surface area contributed by atoms with Crippen molar-refractivity contribution >= 4 is 29.3 Å². The van der Waals surface area contributed by atoms with Gasteiger partial charge in [0.25, 0.3) is 5.91 Å². The molecular formula is C16H16N4O2. The summed E-state index contributed by atoms with van der Waals surface area (Å²) in [6.07, 6.45) is 3.40. The second kappa shape index (κ2) is 7.03. The van der Waals surface area contributed by atoms with Gasteiger partial charge in [-0.2, -0.15) is 0 Å². The minimum atomic E-state index is -0.373. The number of carbonyl (C=O) groups excluding carboxylic acids is 2. The molecule has 0 atom stereocenters. The number of nitrogens with two attached hydrogens (primary N) is 1. The Morgan fingerprint density at radius 1 is 1.27 bits per heavy atom. The summed E-state index contributed by atoms with van der Waals surface area (Å²) in [6.45, 7) is 1.86. The van der Waals surface area contributed by atoms with E-state index in [4.69, 9.17) is 5.73 Å². The third-order valence-corrected chi connectivity index (χ3v) is 3.06. The molecule has 1 aromatic carbocycles. The monoisotopic (exact) mass is 296 g/mol. The second-order valence-corrected chi connectivity index (χ2v) is 4.54. The molecule has 2 amide bonds. The van der Waals surface area contributed by atoms with Gasteiger partial charge in [-0.05, 0) is 36.8 Å². The average molecular weight is 296 g/mol. The van der Waals surface area contributed by atoms with E-state index in [0.717, 1.165) is 5.56 Å². The van der Waals surface area contributed by atoms with Crippen molar-refractivity contribution in [2.75, 3.05) is 10.6 Å². The first-order chi connectivity index (χ1) is 10.7. The van der Waals surface area contributed by atoms with Gasteiger partial charge in [-0.25, -0.2) is 0 Å². The number of anilines is 2. The lowest BCUT2D eigenvalue weighted by Crippen LogP contribution is -2.15. The van der Waals surface area contributed by atoms with E-state index in [0.29, 0.717) is 23.5 Å². The molecule has 0 aliphatic rings. The van der Waals surface area contributed by atoms with Crippen LogP contribution >= 0.6 is 0 Å². The van der Waals surface area contributed by atoms with Crippen molar-refractivity contribution in [2.24, 2.45) is 5.73 Å². The number of rotatable bonds is 5. The van der Waals surface area contributed by atoms with E-state index in [2.05, 4.69) is 15.6 Å². The van der Waals surface area contributed by atoms with Gasteiger partial charge in [0, 0.05) is 23.8 Å². The summed E-state index contributed by atoms with van der Waals surface area (Å²) in [5.74, 6) is -0.373. The Morgan fingerprint density at radius 3 is 2.73 bits per heavy atom. The molecule has 0 unspecified atom stereocenters. The van der Waals surface area contributed by atoms with E-state index in [1.165, 1.54) is 6.20 Å². The SMILES string of the molecule is Cc1ccc(NC(=O)/C(=C/N)c2ccccn2)cc1NC=O. The standard InChI is InChI=1S/C16H16N4O2/c1-11-5-6-12(8-15(11)19-10-21)20-16(22)13(9-17)14-4-2-3-7-18-14/h2-10H,17H2,1H3,(H,19,21)(H,20,22)/b13-9+. The van der Waals surface area contributed by atoms with Crippen molar-refractivity contribution < 1.29 is 9.59 Å². The highest BCUT2D eigenvalue weighted by Gasteiger charge is 2.13. The summed E-state index contributed by atoms with van der Waals surface area (Å²) in [7, 11) is 0. The van der Waals surface area contributed by atoms with Gasteiger partial charge in [0.05, 0.1) is 11.3 Å². The lowest BCUT2D eigenvalue weighted by atomic mass is 10.1. The van der Waals surface area contributed by atoms with Crippen LogP contribution in [0.25, 0.3) is 5.57 Å². The third-order valence-electron chi connectivity index (χ3n) is 3.06. The Balaban J connectivity index is 2.21. The van der Waals surface area contributed by atoms with E-state index in [9.17, 15) is 9.59 Å². The molecule has 0 radical (unpaired) electrons. The van der Waals surface area contributed by atoms with Crippen molar-refractivity contribution in [2.45, 2.75) is 6.92 Å². The van der Waals surface area contributed by atoms with Crippen molar-refractivity contribution in [3.63, 3.8) is 0 Å². The predicted molar refractivity (Wildman–Crippen MR) is 85.9 cm³/mol. The highest BCUT2D eigenvalue weighted by atomic mass is 16.1. The molecule has 112 valence electrons. The average Bonchev–Trinajstić information content (AvgIpc) is 2.52. The van der Waals surface area contributed by atoms with E-state index in [-0.39, 0.29) is 11.5 Å². The number of aryl methyl sites for hydroxylation is 1. The third kappa shape index (κ3) is 3.49. The van der Waals surface area contributed by atoms with Gasteiger partial charge in [0.15, 0.2) is 0 Å². The lowest BCUT2D eigenvalue weighted by molar-refractivity contribution is -0.111. The smallest absolute Gasteiger partial charge is 0.259 e. The Morgan fingerprint density at radius 2 is 2.09 bits per heavy atom. The zero-order valence-corrected chi connectivity index (χ0v) is 12.0. The van der Waals surface area contributed by atoms with Gasteiger partial charge in [0.2, 0.25) is 6.41 Å². The molecule has 6 heteroatoms. The number of hydrogen-bond donors (Lipinski definition) is 3. The summed E-state index contributed by atoms with van der Waals surface area (Å²) in [6, 6.07) is 10.5. The molecule has 1 aromatic heterocycles. The maximum Gasteiger partial charge on any atom is 0.259 e. The van der Waals surface area contributed by atoms with Crippen molar-refractivity contribution in [3.8, 4) is 0 Å². The first-order valence-corrected chi connectivity index (χ1v) is 6.61. The number of benzene rings is 1.